The molecule has 21 heavy (non-hydrogen) atoms. The zero-order chi connectivity index (χ0) is 15.9. The van der Waals surface area contributed by atoms with E-state index in [9.17, 15) is 0 Å². The summed E-state index contributed by atoms with van der Waals surface area (Å²) < 4.78 is 0. The van der Waals surface area contributed by atoms with Crippen LogP contribution in [0.3, 0.4) is 0 Å². The minimum absolute atomic E-state index is 0.0395. The zero-order valence-corrected chi connectivity index (χ0v) is 15.5. The molecule has 2 heteroatoms. The average Bonchev–Trinajstić information content (AvgIpc) is 2.58. The van der Waals surface area contributed by atoms with Crippen LogP contribution in [0.4, 0.5) is 0 Å². The highest BCUT2D eigenvalue weighted by molar-refractivity contribution is 5.86. The highest BCUT2D eigenvalue weighted by atomic mass is 15.3. The van der Waals surface area contributed by atoms with Crippen LogP contribution in [0.25, 0.3) is 0 Å². The molecule has 0 unspecified atom stereocenters. The van der Waals surface area contributed by atoms with Crippen LogP contribution in [0.15, 0.2) is 4.99 Å². The summed E-state index contributed by atoms with van der Waals surface area (Å²) in [5.74, 6) is 1.37. The van der Waals surface area contributed by atoms with E-state index in [0.29, 0.717) is 0 Å². The van der Waals surface area contributed by atoms with Crippen molar-refractivity contribution in [3.8, 4) is 0 Å². The van der Waals surface area contributed by atoms with Crippen LogP contribution in [0, 0.1) is 0 Å². The fourth-order valence-corrected chi connectivity index (χ4v) is 3.18. The van der Waals surface area contributed by atoms with E-state index in [1.54, 1.807) is 0 Å². The SMILES string of the molecule is CCCCCCC1=NC(C)(C)C(C)(C)N1CCCCCC. The van der Waals surface area contributed by atoms with Crippen LogP contribution >= 0.6 is 0 Å². The van der Waals surface area contributed by atoms with Crippen LogP contribution in [0.5, 0.6) is 0 Å². The smallest absolute Gasteiger partial charge is 0.100 e. The summed E-state index contributed by atoms with van der Waals surface area (Å²) in [6, 6.07) is 0. The van der Waals surface area contributed by atoms with Gasteiger partial charge >= 0.3 is 0 Å². The first-order valence-electron chi connectivity index (χ1n) is 9.23. The molecular weight excluding hydrogens is 256 g/mol. The van der Waals surface area contributed by atoms with E-state index in [4.69, 9.17) is 4.99 Å². The third-order valence-corrected chi connectivity index (χ3v) is 5.38. The lowest BCUT2D eigenvalue weighted by atomic mass is 9.83. The van der Waals surface area contributed by atoms with E-state index in [1.165, 1.54) is 70.2 Å². The van der Waals surface area contributed by atoms with E-state index in [0.717, 1.165) is 0 Å². The summed E-state index contributed by atoms with van der Waals surface area (Å²) in [4.78, 5) is 7.71. The van der Waals surface area contributed by atoms with E-state index in [-0.39, 0.29) is 11.1 Å². The Morgan fingerprint density at radius 3 is 1.95 bits per heavy atom. The molecule has 0 radical (unpaired) electrons. The second kappa shape index (κ2) is 8.19. The summed E-state index contributed by atoms with van der Waals surface area (Å²) in [5.41, 5.74) is 0.192. The third kappa shape index (κ3) is 4.72. The van der Waals surface area contributed by atoms with Gasteiger partial charge in [-0.1, -0.05) is 52.4 Å². The van der Waals surface area contributed by atoms with Gasteiger partial charge < -0.3 is 4.90 Å². The van der Waals surface area contributed by atoms with Crippen LogP contribution in [-0.4, -0.2) is 28.4 Å². The van der Waals surface area contributed by atoms with Gasteiger partial charge in [0.2, 0.25) is 0 Å². The average molecular weight is 295 g/mol. The van der Waals surface area contributed by atoms with Crippen molar-refractivity contribution in [1.82, 2.24) is 4.90 Å². The maximum absolute atomic E-state index is 5.09. The molecule has 0 saturated carbocycles. The molecule has 124 valence electrons. The number of amidine groups is 1. The Kier molecular flexibility index (Phi) is 7.23. The first-order valence-corrected chi connectivity index (χ1v) is 9.23. The van der Waals surface area contributed by atoms with E-state index >= 15 is 0 Å². The van der Waals surface area contributed by atoms with Gasteiger partial charge in [0.25, 0.3) is 0 Å². The normalized spacial score (nSPS) is 19.9. The van der Waals surface area contributed by atoms with Crippen molar-refractivity contribution in [3.05, 3.63) is 0 Å². The number of hydrogen-bond donors (Lipinski definition) is 0. The Morgan fingerprint density at radius 2 is 1.38 bits per heavy atom. The molecule has 1 aliphatic heterocycles. The second-order valence-corrected chi connectivity index (χ2v) is 7.67. The lowest BCUT2D eigenvalue weighted by molar-refractivity contribution is 0.155. The molecule has 0 fully saturated rings. The standard InChI is InChI=1S/C19H38N2/c1-7-9-11-13-15-17-20-18(3,4)19(5,6)21(17)16-14-12-10-8-2/h7-16H2,1-6H3. The maximum atomic E-state index is 5.09. The highest BCUT2D eigenvalue weighted by Crippen LogP contribution is 2.38. The van der Waals surface area contributed by atoms with E-state index in [1.807, 2.05) is 0 Å². The fraction of sp³-hybridized carbons (Fsp3) is 0.947. The van der Waals surface area contributed by atoms with Crippen molar-refractivity contribution < 1.29 is 0 Å². The van der Waals surface area contributed by atoms with Crippen molar-refractivity contribution >= 4 is 5.84 Å². The molecule has 0 N–H and O–H groups in total. The van der Waals surface area contributed by atoms with Gasteiger partial charge in [-0.3, -0.25) is 4.99 Å². The summed E-state index contributed by atoms with van der Waals surface area (Å²) in [7, 11) is 0. The lowest BCUT2D eigenvalue weighted by Gasteiger charge is -2.41. The summed E-state index contributed by atoms with van der Waals surface area (Å²) in [6.45, 7) is 15.1. The molecule has 2 nitrogen and oxygen atoms in total. The molecule has 1 heterocycles. The predicted molar refractivity (Wildman–Crippen MR) is 95.2 cm³/mol. The van der Waals surface area contributed by atoms with Gasteiger partial charge in [0.15, 0.2) is 0 Å². The summed E-state index contributed by atoms with van der Waals surface area (Å²) in [5, 5.41) is 0. The van der Waals surface area contributed by atoms with Gasteiger partial charge in [0.05, 0.1) is 11.1 Å². The van der Waals surface area contributed by atoms with Gasteiger partial charge in [-0.2, -0.15) is 0 Å². The van der Waals surface area contributed by atoms with Crippen molar-refractivity contribution in [1.29, 1.82) is 0 Å². The quantitative estimate of drug-likeness (QED) is 0.464. The molecule has 0 amide bonds. The zero-order valence-electron chi connectivity index (χ0n) is 15.5. The topological polar surface area (TPSA) is 15.6 Å². The molecule has 0 aromatic heterocycles. The Bertz CT molecular complexity index is 328. The van der Waals surface area contributed by atoms with Gasteiger partial charge in [-0.25, -0.2) is 0 Å². The summed E-state index contributed by atoms with van der Waals surface area (Å²) >= 11 is 0. The Hall–Kier alpha value is -0.530. The monoisotopic (exact) mass is 294 g/mol. The molecule has 0 aromatic rings. The highest BCUT2D eigenvalue weighted by Gasteiger charge is 2.47. The fourth-order valence-electron chi connectivity index (χ4n) is 3.18. The van der Waals surface area contributed by atoms with Gasteiger partial charge in [-0.05, 0) is 40.5 Å². The van der Waals surface area contributed by atoms with Crippen molar-refractivity contribution in [3.63, 3.8) is 0 Å². The predicted octanol–water partition coefficient (Wildman–Crippen LogP) is 5.81. The van der Waals surface area contributed by atoms with Crippen LogP contribution < -0.4 is 0 Å². The maximum Gasteiger partial charge on any atom is 0.100 e. The third-order valence-electron chi connectivity index (χ3n) is 5.38. The molecule has 0 aliphatic carbocycles. The lowest BCUT2D eigenvalue weighted by Crippen LogP contribution is -2.53. The van der Waals surface area contributed by atoms with Crippen LogP contribution in [0.2, 0.25) is 0 Å². The molecular formula is C19H38N2. The minimum atomic E-state index is 0.0395. The first-order chi connectivity index (χ1) is 9.86. The number of unbranched alkanes of at least 4 members (excludes halogenated alkanes) is 6. The molecule has 0 atom stereocenters. The Morgan fingerprint density at radius 1 is 0.810 bits per heavy atom. The second-order valence-electron chi connectivity index (χ2n) is 7.67. The molecule has 0 bridgehead atoms. The first kappa shape index (κ1) is 18.5. The number of aliphatic imine (C=N–C) groups is 1. The van der Waals surface area contributed by atoms with Crippen LogP contribution in [-0.2, 0) is 0 Å². The molecule has 0 saturated heterocycles. The molecule has 0 spiro atoms. The van der Waals surface area contributed by atoms with Gasteiger partial charge in [0, 0.05) is 13.0 Å². The van der Waals surface area contributed by atoms with Gasteiger partial charge in [0.1, 0.15) is 5.84 Å². The number of nitrogens with zero attached hydrogens (tertiary/aromatic N) is 2. The minimum Gasteiger partial charge on any atom is -0.353 e. The van der Waals surface area contributed by atoms with Crippen molar-refractivity contribution in [2.45, 2.75) is 110 Å². The van der Waals surface area contributed by atoms with Crippen molar-refractivity contribution in [2.24, 2.45) is 4.99 Å². The molecule has 1 aliphatic rings. The van der Waals surface area contributed by atoms with E-state index in [2.05, 4.69) is 46.4 Å². The largest absolute Gasteiger partial charge is 0.353 e. The number of rotatable bonds is 10. The van der Waals surface area contributed by atoms with Gasteiger partial charge in [-0.15, -0.1) is 0 Å². The Balaban J connectivity index is 2.62. The Labute approximate surface area is 133 Å². The van der Waals surface area contributed by atoms with E-state index < -0.39 is 0 Å². The summed E-state index contributed by atoms with van der Waals surface area (Å²) in [6.07, 6.45) is 11.8. The molecule has 0 aromatic carbocycles. The number of hydrogen-bond acceptors (Lipinski definition) is 2. The molecule has 1 rings (SSSR count). The van der Waals surface area contributed by atoms with Crippen LogP contribution in [0.1, 0.15) is 99.3 Å². The van der Waals surface area contributed by atoms with Crippen molar-refractivity contribution in [2.75, 3.05) is 6.54 Å².